The van der Waals surface area contributed by atoms with Crippen LogP contribution < -0.4 is 5.73 Å². The van der Waals surface area contributed by atoms with Gasteiger partial charge in [0.25, 0.3) is 0 Å². The van der Waals surface area contributed by atoms with Crippen LogP contribution in [0.5, 0.6) is 0 Å². The number of rotatable bonds is 6. The van der Waals surface area contributed by atoms with Crippen LogP contribution in [0.15, 0.2) is 0 Å². The van der Waals surface area contributed by atoms with Crippen molar-refractivity contribution in [3.05, 3.63) is 0 Å². The summed E-state index contributed by atoms with van der Waals surface area (Å²) in [6.07, 6.45) is 1.21. The van der Waals surface area contributed by atoms with Gasteiger partial charge in [0.1, 0.15) is 0 Å². The lowest BCUT2D eigenvalue weighted by atomic mass is 10.1. The number of nitrogens with two attached hydrogens (primary N) is 1. The van der Waals surface area contributed by atoms with Crippen LogP contribution in [-0.2, 0) is 14.8 Å². The van der Waals surface area contributed by atoms with Gasteiger partial charge >= 0.3 is 0 Å². The lowest BCUT2D eigenvalue weighted by Gasteiger charge is -2.39. The van der Waals surface area contributed by atoms with Crippen molar-refractivity contribution in [3.63, 3.8) is 0 Å². The van der Waals surface area contributed by atoms with Gasteiger partial charge in [0.2, 0.25) is 10.0 Å². The fraction of sp³-hybridized carbons (Fsp3) is 1.00. The number of aliphatic hydroxyl groups is 1. The Labute approximate surface area is 109 Å². The molecule has 18 heavy (non-hydrogen) atoms. The highest BCUT2D eigenvalue weighted by Gasteiger charge is 2.30. The van der Waals surface area contributed by atoms with E-state index in [-0.39, 0.29) is 18.7 Å². The molecule has 0 aromatic heterocycles. The van der Waals surface area contributed by atoms with E-state index in [4.69, 9.17) is 10.5 Å². The van der Waals surface area contributed by atoms with Gasteiger partial charge < -0.3 is 15.6 Å². The largest absolute Gasteiger partial charge is 0.395 e. The highest BCUT2D eigenvalue weighted by molar-refractivity contribution is 7.88. The zero-order valence-electron chi connectivity index (χ0n) is 10.9. The summed E-state index contributed by atoms with van der Waals surface area (Å²) in [7, 11) is -1.56. The molecule has 1 fully saturated rings. The first-order valence-electron chi connectivity index (χ1n) is 5.94. The third-order valence-electron chi connectivity index (χ3n) is 3.25. The van der Waals surface area contributed by atoms with E-state index in [2.05, 4.69) is 0 Å². The van der Waals surface area contributed by atoms with Gasteiger partial charge in [-0.25, -0.2) is 8.42 Å². The lowest BCUT2D eigenvalue weighted by Crippen LogP contribution is -2.58. The van der Waals surface area contributed by atoms with Crippen molar-refractivity contribution in [1.29, 1.82) is 0 Å². The van der Waals surface area contributed by atoms with Crippen LogP contribution in [0.2, 0.25) is 0 Å². The third kappa shape index (κ3) is 4.15. The zero-order valence-corrected chi connectivity index (χ0v) is 11.8. The molecule has 8 heteroatoms. The molecule has 0 aromatic rings. The number of sulfonamides is 1. The van der Waals surface area contributed by atoms with Gasteiger partial charge in [-0.3, -0.25) is 4.90 Å². The van der Waals surface area contributed by atoms with Crippen LogP contribution in [-0.4, -0.2) is 87.6 Å². The smallest absolute Gasteiger partial charge is 0.211 e. The van der Waals surface area contributed by atoms with Crippen molar-refractivity contribution >= 4 is 10.0 Å². The summed E-state index contributed by atoms with van der Waals surface area (Å²) in [5.41, 5.74) is 5.93. The van der Waals surface area contributed by atoms with Crippen LogP contribution >= 0.6 is 0 Å². The van der Waals surface area contributed by atoms with Crippen LogP contribution in [0.4, 0.5) is 0 Å². The van der Waals surface area contributed by atoms with E-state index in [1.54, 1.807) is 7.11 Å². The number of aliphatic hydroxyl groups excluding tert-OH is 1. The maximum absolute atomic E-state index is 11.4. The molecular formula is C10H23N3O4S. The topological polar surface area (TPSA) is 96.1 Å². The van der Waals surface area contributed by atoms with Gasteiger partial charge in [-0.1, -0.05) is 0 Å². The summed E-state index contributed by atoms with van der Waals surface area (Å²) in [5, 5.41) is 9.39. The predicted molar refractivity (Wildman–Crippen MR) is 68.7 cm³/mol. The Hall–Kier alpha value is -0.250. The van der Waals surface area contributed by atoms with E-state index in [1.807, 2.05) is 4.90 Å². The van der Waals surface area contributed by atoms with Crippen LogP contribution in [0, 0.1) is 0 Å². The van der Waals surface area contributed by atoms with Crippen molar-refractivity contribution < 1.29 is 18.3 Å². The molecule has 1 aliphatic rings. The Morgan fingerprint density at radius 1 is 1.33 bits per heavy atom. The van der Waals surface area contributed by atoms with Crippen molar-refractivity contribution in [2.75, 3.05) is 52.8 Å². The molecule has 2 unspecified atom stereocenters. The van der Waals surface area contributed by atoms with E-state index >= 15 is 0 Å². The molecule has 0 spiro atoms. The molecular weight excluding hydrogens is 258 g/mol. The van der Waals surface area contributed by atoms with E-state index in [9.17, 15) is 13.5 Å². The van der Waals surface area contributed by atoms with Crippen molar-refractivity contribution in [1.82, 2.24) is 9.21 Å². The minimum absolute atomic E-state index is 0.0522. The number of piperazine rings is 1. The second-order valence-corrected chi connectivity index (χ2v) is 6.55. The van der Waals surface area contributed by atoms with Gasteiger partial charge in [-0.2, -0.15) is 4.31 Å². The van der Waals surface area contributed by atoms with Crippen LogP contribution in [0.1, 0.15) is 0 Å². The monoisotopic (exact) mass is 281 g/mol. The summed E-state index contributed by atoms with van der Waals surface area (Å²) in [5.74, 6) is 0. The minimum atomic E-state index is -3.12. The quantitative estimate of drug-likeness (QED) is 0.579. The number of hydrogen-bond acceptors (Lipinski definition) is 6. The molecule has 2 atom stereocenters. The molecule has 3 N–H and O–H groups in total. The van der Waals surface area contributed by atoms with Gasteiger partial charge in [0, 0.05) is 39.3 Å². The molecule has 108 valence electrons. The highest BCUT2D eigenvalue weighted by Crippen LogP contribution is 2.11. The van der Waals surface area contributed by atoms with Crippen LogP contribution in [0.3, 0.4) is 0 Å². The first kappa shape index (κ1) is 15.8. The first-order chi connectivity index (χ1) is 8.40. The molecule has 0 radical (unpaired) electrons. The minimum Gasteiger partial charge on any atom is -0.395 e. The number of ether oxygens (including phenoxy) is 1. The Morgan fingerprint density at radius 3 is 2.28 bits per heavy atom. The Kier molecular flexibility index (Phi) is 5.96. The normalized spacial score (nSPS) is 22.9. The first-order valence-corrected chi connectivity index (χ1v) is 7.79. The average Bonchev–Trinajstić information content (AvgIpc) is 2.30. The highest BCUT2D eigenvalue weighted by atomic mass is 32.2. The Morgan fingerprint density at radius 2 is 1.89 bits per heavy atom. The fourth-order valence-electron chi connectivity index (χ4n) is 2.19. The summed E-state index contributed by atoms with van der Waals surface area (Å²) < 4.78 is 29.2. The molecule has 0 amide bonds. The number of methoxy groups -OCH3 is 1. The van der Waals surface area contributed by atoms with Crippen molar-refractivity contribution in [3.8, 4) is 0 Å². The SMILES string of the molecule is COCC(N)C(CO)N1CCN(S(C)(=O)=O)CC1. The second-order valence-electron chi connectivity index (χ2n) is 4.57. The van der Waals surface area contributed by atoms with Gasteiger partial charge in [0.15, 0.2) is 0 Å². The van der Waals surface area contributed by atoms with Crippen molar-refractivity contribution in [2.24, 2.45) is 5.73 Å². The van der Waals surface area contributed by atoms with Crippen molar-refractivity contribution in [2.45, 2.75) is 12.1 Å². The molecule has 1 heterocycles. The molecule has 0 aromatic carbocycles. The van der Waals surface area contributed by atoms with Gasteiger partial charge in [-0.05, 0) is 0 Å². The average molecular weight is 281 g/mol. The number of hydrogen-bond donors (Lipinski definition) is 2. The summed E-state index contributed by atoms with van der Waals surface area (Å²) >= 11 is 0. The van der Waals surface area contributed by atoms with E-state index in [0.29, 0.717) is 32.8 Å². The zero-order chi connectivity index (χ0) is 13.8. The van der Waals surface area contributed by atoms with E-state index in [1.165, 1.54) is 10.6 Å². The van der Waals surface area contributed by atoms with Gasteiger partial charge in [0.05, 0.1) is 25.5 Å². The standard InChI is InChI=1S/C10H23N3O4S/c1-17-8-9(11)10(7-14)12-3-5-13(6-4-12)18(2,15)16/h9-10,14H,3-8,11H2,1-2H3. The third-order valence-corrected chi connectivity index (χ3v) is 4.55. The maximum Gasteiger partial charge on any atom is 0.211 e. The molecule has 0 bridgehead atoms. The van der Waals surface area contributed by atoms with Crippen LogP contribution in [0.25, 0.3) is 0 Å². The van der Waals surface area contributed by atoms with Gasteiger partial charge in [-0.15, -0.1) is 0 Å². The van der Waals surface area contributed by atoms with E-state index < -0.39 is 10.0 Å². The Balaban J connectivity index is 2.55. The Bertz CT molecular complexity index is 341. The molecule has 1 aliphatic heterocycles. The number of nitrogens with zero attached hydrogens (tertiary/aromatic N) is 2. The molecule has 1 rings (SSSR count). The predicted octanol–water partition coefficient (Wildman–Crippen LogP) is -2.10. The second kappa shape index (κ2) is 6.78. The molecule has 0 aliphatic carbocycles. The maximum atomic E-state index is 11.4. The molecule has 7 nitrogen and oxygen atoms in total. The molecule has 1 saturated heterocycles. The van der Waals surface area contributed by atoms with E-state index in [0.717, 1.165) is 0 Å². The summed E-state index contributed by atoms with van der Waals surface area (Å²) in [6, 6.07) is -0.462. The lowest BCUT2D eigenvalue weighted by molar-refractivity contribution is 0.0514. The summed E-state index contributed by atoms with van der Waals surface area (Å²) in [6.45, 7) is 2.36. The molecule has 0 saturated carbocycles. The fourth-order valence-corrected chi connectivity index (χ4v) is 3.02. The summed E-state index contributed by atoms with van der Waals surface area (Å²) in [4.78, 5) is 2.02.